The van der Waals surface area contributed by atoms with E-state index in [2.05, 4.69) is 5.32 Å². The standard InChI is InChI=1S/C23H23Cl2NO3/c1-28-22-12-16(13-26-14-21(27)17-7-3-2-4-8-17)11-20(25)23(22)29-15-18-9-5-6-10-19(18)24/h2-12,21,26-27H,13-15H2,1H3/t21-/m1/s1. The Hall–Kier alpha value is -2.24. The van der Waals surface area contributed by atoms with Crippen LogP contribution in [0.2, 0.25) is 10.0 Å². The number of ether oxygens (including phenoxy) is 2. The fourth-order valence-electron chi connectivity index (χ4n) is 2.93. The van der Waals surface area contributed by atoms with Crippen molar-refractivity contribution in [2.75, 3.05) is 13.7 Å². The minimum absolute atomic E-state index is 0.288. The Morgan fingerprint density at radius 3 is 2.41 bits per heavy atom. The van der Waals surface area contributed by atoms with Gasteiger partial charge in [-0.25, -0.2) is 0 Å². The van der Waals surface area contributed by atoms with E-state index in [1.807, 2.05) is 66.7 Å². The van der Waals surface area contributed by atoms with Crippen molar-refractivity contribution in [3.8, 4) is 11.5 Å². The van der Waals surface area contributed by atoms with Gasteiger partial charge in [-0.3, -0.25) is 0 Å². The number of halogens is 2. The molecule has 0 amide bonds. The molecule has 6 heteroatoms. The van der Waals surface area contributed by atoms with Crippen LogP contribution in [0.15, 0.2) is 66.7 Å². The van der Waals surface area contributed by atoms with Crippen molar-refractivity contribution in [1.29, 1.82) is 0 Å². The van der Waals surface area contributed by atoms with E-state index in [0.29, 0.717) is 34.6 Å². The second kappa shape index (κ2) is 10.5. The van der Waals surface area contributed by atoms with Gasteiger partial charge in [0.25, 0.3) is 0 Å². The largest absolute Gasteiger partial charge is 0.493 e. The normalized spacial score (nSPS) is 11.9. The highest BCUT2D eigenvalue weighted by atomic mass is 35.5. The lowest BCUT2D eigenvalue weighted by molar-refractivity contribution is 0.174. The van der Waals surface area contributed by atoms with Crippen LogP contribution in [-0.2, 0) is 13.2 Å². The second-order valence-corrected chi connectivity index (χ2v) is 7.36. The number of nitrogens with one attached hydrogen (secondary N) is 1. The first-order valence-corrected chi connectivity index (χ1v) is 10.0. The van der Waals surface area contributed by atoms with Gasteiger partial charge in [0, 0.05) is 23.7 Å². The van der Waals surface area contributed by atoms with Gasteiger partial charge in [-0.05, 0) is 29.3 Å². The lowest BCUT2D eigenvalue weighted by Crippen LogP contribution is -2.21. The van der Waals surface area contributed by atoms with Gasteiger partial charge in [-0.2, -0.15) is 0 Å². The molecular weight excluding hydrogens is 409 g/mol. The third-order valence-electron chi connectivity index (χ3n) is 4.47. The molecule has 0 fully saturated rings. The van der Waals surface area contributed by atoms with Gasteiger partial charge in [-0.15, -0.1) is 0 Å². The van der Waals surface area contributed by atoms with E-state index in [4.69, 9.17) is 32.7 Å². The summed E-state index contributed by atoms with van der Waals surface area (Å²) in [6.07, 6.45) is -0.577. The number of aliphatic hydroxyl groups excluding tert-OH is 1. The minimum atomic E-state index is -0.577. The van der Waals surface area contributed by atoms with Crippen LogP contribution in [0.25, 0.3) is 0 Å². The third kappa shape index (κ3) is 5.87. The summed E-state index contributed by atoms with van der Waals surface area (Å²) >= 11 is 12.6. The van der Waals surface area contributed by atoms with Crippen LogP contribution in [0, 0.1) is 0 Å². The molecular formula is C23H23Cl2NO3. The number of hydrogen-bond acceptors (Lipinski definition) is 4. The van der Waals surface area contributed by atoms with Crippen molar-refractivity contribution in [1.82, 2.24) is 5.32 Å². The van der Waals surface area contributed by atoms with Crippen molar-refractivity contribution in [3.05, 3.63) is 93.5 Å². The monoisotopic (exact) mass is 431 g/mol. The molecule has 0 saturated carbocycles. The zero-order valence-corrected chi connectivity index (χ0v) is 17.6. The molecule has 0 aliphatic heterocycles. The van der Waals surface area contributed by atoms with Crippen LogP contribution in [0.1, 0.15) is 22.8 Å². The average molecular weight is 432 g/mol. The Kier molecular flexibility index (Phi) is 7.78. The molecule has 0 spiro atoms. The van der Waals surface area contributed by atoms with E-state index in [9.17, 15) is 5.11 Å². The van der Waals surface area contributed by atoms with E-state index in [0.717, 1.165) is 16.7 Å². The SMILES string of the molecule is COc1cc(CNC[C@@H](O)c2ccccc2)cc(Cl)c1OCc1ccccc1Cl. The number of rotatable bonds is 9. The summed E-state index contributed by atoms with van der Waals surface area (Å²) in [7, 11) is 1.57. The quantitative estimate of drug-likeness (QED) is 0.475. The Morgan fingerprint density at radius 2 is 1.69 bits per heavy atom. The van der Waals surface area contributed by atoms with Crippen LogP contribution >= 0.6 is 23.2 Å². The van der Waals surface area contributed by atoms with Crippen LogP contribution in [0.5, 0.6) is 11.5 Å². The fourth-order valence-corrected chi connectivity index (χ4v) is 3.41. The first-order chi connectivity index (χ1) is 14.1. The Morgan fingerprint density at radius 1 is 0.966 bits per heavy atom. The summed E-state index contributed by atoms with van der Waals surface area (Å²) in [6, 6.07) is 20.7. The summed E-state index contributed by atoms with van der Waals surface area (Å²) in [4.78, 5) is 0. The molecule has 0 radical (unpaired) electrons. The number of hydrogen-bond donors (Lipinski definition) is 2. The van der Waals surface area contributed by atoms with Gasteiger partial charge in [0.2, 0.25) is 0 Å². The highest BCUT2D eigenvalue weighted by Crippen LogP contribution is 2.37. The maximum atomic E-state index is 10.3. The molecule has 2 N–H and O–H groups in total. The molecule has 152 valence electrons. The molecule has 1 atom stereocenters. The van der Waals surface area contributed by atoms with Gasteiger partial charge >= 0.3 is 0 Å². The Labute approximate surface area is 181 Å². The van der Waals surface area contributed by atoms with Crippen molar-refractivity contribution < 1.29 is 14.6 Å². The Balaban J connectivity index is 1.62. The first-order valence-electron chi connectivity index (χ1n) is 9.25. The van der Waals surface area contributed by atoms with Crippen molar-refractivity contribution >= 4 is 23.2 Å². The van der Waals surface area contributed by atoms with Gasteiger partial charge in [0.1, 0.15) is 6.61 Å². The molecule has 29 heavy (non-hydrogen) atoms. The van der Waals surface area contributed by atoms with Crippen molar-refractivity contribution in [3.63, 3.8) is 0 Å². The van der Waals surface area contributed by atoms with Crippen molar-refractivity contribution in [2.45, 2.75) is 19.3 Å². The number of methoxy groups -OCH3 is 1. The molecule has 0 saturated heterocycles. The molecule has 3 aromatic rings. The first kappa shape index (κ1) is 21.5. The minimum Gasteiger partial charge on any atom is -0.493 e. The lowest BCUT2D eigenvalue weighted by Gasteiger charge is -2.16. The Bertz CT molecular complexity index is 935. The average Bonchev–Trinajstić information content (AvgIpc) is 2.74. The maximum Gasteiger partial charge on any atom is 0.180 e. The smallest absolute Gasteiger partial charge is 0.180 e. The van der Waals surface area contributed by atoms with Gasteiger partial charge < -0.3 is 19.9 Å². The lowest BCUT2D eigenvalue weighted by atomic mass is 10.1. The third-order valence-corrected chi connectivity index (χ3v) is 5.12. The highest BCUT2D eigenvalue weighted by Gasteiger charge is 2.14. The molecule has 0 bridgehead atoms. The van der Waals surface area contributed by atoms with Gasteiger partial charge in [0.15, 0.2) is 11.5 Å². The van der Waals surface area contributed by atoms with E-state index in [1.54, 1.807) is 7.11 Å². The molecule has 3 rings (SSSR count). The summed E-state index contributed by atoms with van der Waals surface area (Å²) in [5, 5.41) is 14.6. The summed E-state index contributed by atoms with van der Waals surface area (Å²) in [5.41, 5.74) is 2.67. The zero-order valence-electron chi connectivity index (χ0n) is 16.1. The molecule has 0 aliphatic rings. The van der Waals surface area contributed by atoms with Crippen LogP contribution in [-0.4, -0.2) is 18.8 Å². The van der Waals surface area contributed by atoms with E-state index < -0.39 is 6.10 Å². The van der Waals surface area contributed by atoms with Gasteiger partial charge in [-0.1, -0.05) is 71.7 Å². The number of benzene rings is 3. The summed E-state index contributed by atoms with van der Waals surface area (Å²) in [5.74, 6) is 1.02. The van der Waals surface area contributed by atoms with Gasteiger partial charge in [0.05, 0.1) is 18.2 Å². The molecule has 3 aromatic carbocycles. The zero-order chi connectivity index (χ0) is 20.6. The summed E-state index contributed by atoms with van der Waals surface area (Å²) < 4.78 is 11.3. The van der Waals surface area contributed by atoms with Crippen LogP contribution in [0.3, 0.4) is 0 Å². The van der Waals surface area contributed by atoms with Crippen LogP contribution < -0.4 is 14.8 Å². The molecule has 0 aromatic heterocycles. The molecule has 0 unspecified atom stereocenters. The predicted molar refractivity (Wildman–Crippen MR) is 117 cm³/mol. The highest BCUT2D eigenvalue weighted by molar-refractivity contribution is 6.32. The van der Waals surface area contributed by atoms with E-state index in [1.165, 1.54) is 0 Å². The van der Waals surface area contributed by atoms with Crippen LogP contribution in [0.4, 0.5) is 0 Å². The predicted octanol–water partition coefficient (Wildman–Crippen LogP) is 5.40. The second-order valence-electron chi connectivity index (χ2n) is 6.55. The molecule has 0 aliphatic carbocycles. The maximum absolute atomic E-state index is 10.3. The van der Waals surface area contributed by atoms with E-state index >= 15 is 0 Å². The van der Waals surface area contributed by atoms with E-state index in [-0.39, 0.29) is 6.61 Å². The fraction of sp³-hybridized carbons (Fsp3) is 0.217. The molecule has 4 nitrogen and oxygen atoms in total. The summed E-state index contributed by atoms with van der Waals surface area (Å²) in [6.45, 7) is 1.25. The molecule has 0 heterocycles. The topological polar surface area (TPSA) is 50.7 Å². The number of aliphatic hydroxyl groups is 1. The van der Waals surface area contributed by atoms with Crippen molar-refractivity contribution in [2.24, 2.45) is 0 Å².